The number of hydrogen-bond acceptors (Lipinski definition) is 2. The Bertz CT molecular complexity index is 275. The largest absolute Gasteiger partial charge is 0.341 e. The van der Waals surface area contributed by atoms with Gasteiger partial charge in [0.05, 0.1) is 6.04 Å². The van der Waals surface area contributed by atoms with Crippen molar-refractivity contribution in [2.45, 2.75) is 66.3 Å². The van der Waals surface area contributed by atoms with Gasteiger partial charge >= 0.3 is 0 Å². The minimum atomic E-state index is -0.0529. The first kappa shape index (κ1) is 16.5. The van der Waals surface area contributed by atoms with E-state index in [1.807, 2.05) is 11.8 Å². The van der Waals surface area contributed by atoms with Gasteiger partial charge in [-0.05, 0) is 37.6 Å². The summed E-state index contributed by atoms with van der Waals surface area (Å²) in [7, 11) is 0. The molecule has 0 aliphatic carbocycles. The first-order valence-corrected chi connectivity index (χ1v) is 7.84. The zero-order valence-electron chi connectivity index (χ0n) is 13.5. The molecule has 1 amide bonds. The first-order chi connectivity index (χ1) is 8.82. The second-order valence-corrected chi connectivity index (χ2v) is 7.14. The minimum absolute atomic E-state index is 0.0529. The summed E-state index contributed by atoms with van der Waals surface area (Å²) in [5.74, 6) is 0.842. The van der Waals surface area contributed by atoms with E-state index in [-0.39, 0.29) is 11.9 Å². The van der Waals surface area contributed by atoms with Crippen LogP contribution >= 0.6 is 0 Å². The van der Waals surface area contributed by atoms with Crippen molar-refractivity contribution in [2.75, 3.05) is 19.6 Å². The molecule has 3 nitrogen and oxygen atoms in total. The number of likely N-dealkylation sites (tertiary alicyclic amines) is 1. The van der Waals surface area contributed by atoms with Crippen molar-refractivity contribution in [3.8, 4) is 0 Å². The maximum atomic E-state index is 12.4. The van der Waals surface area contributed by atoms with Crippen LogP contribution in [-0.2, 0) is 4.79 Å². The van der Waals surface area contributed by atoms with Crippen LogP contribution in [-0.4, -0.2) is 36.5 Å². The third-order valence-corrected chi connectivity index (χ3v) is 4.50. The van der Waals surface area contributed by atoms with E-state index in [1.165, 1.54) is 12.8 Å². The van der Waals surface area contributed by atoms with Gasteiger partial charge in [-0.3, -0.25) is 4.79 Å². The topological polar surface area (TPSA) is 32.3 Å². The van der Waals surface area contributed by atoms with Crippen LogP contribution in [0.2, 0.25) is 0 Å². The smallest absolute Gasteiger partial charge is 0.239 e. The molecule has 0 radical (unpaired) electrons. The van der Waals surface area contributed by atoms with Gasteiger partial charge in [0.15, 0.2) is 0 Å². The van der Waals surface area contributed by atoms with E-state index in [9.17, 15) is 4.79 Å². The number of hydrogen-bond donors (Lipinski definition) is 1. The molecule has 0 aromatic carbocycles. The van der Waals surface area contributed by atoms with Crippen molar-refractivity contribution >= 4 is 5.91 Å². The number of nitrogens with zero attached hydrogens (tertiary/aromatic N) is 1. The lowest BCUT2D eigenvalue weighted by molar-refractivity contribution is -0.133. The summed E-state index contributed by atoms with van der Waals surface area (Å²) in [6.45, 7) is 13.8. The Morgan fingerprint density at radius 1 is 1.11 bits per heavy atom. The average Bonchev–Trinajstić information content (AvgIpc) is 2.62. The number of carbonyl (C=O) groups is 1. The number of rotatable bonds is 4. The molecule has 19 heavy (non-hydrogen) atoms. The highest BCUT2D eigenvalue weighted by Crippen LogP contribution is 2.24. The lowest BCUT2D eigenvalue weighted by Gasteiger charge is -2.30. The normalized spacial score (nSPS) is 20.8. The Balaban J connectivity index is 2.39. The summed E-state index contributed by atoms with van der Waals surface area (Å²) in [6.07, 6.45) is 4.87. The molecular weight excluding hydrogens is 236 g/mol. The van der Waals surface area contributed by atoms with E-state index < -0.39 is 0 Å². The molecule has 3 heteroatoms. The molecule has 1 fully saturated rings. The number of nitrogens with one attached hydrogen (secondary N) is 1. The van der Waals surface area contributed by atoms with E-state index in [1.54, 1.807) is 0 Å². The summed E-state index contributed by atoms with van der Waals surface area (Å²) in [6, 6.07) is -0.0529. The van der Waals surface area contributed by atoms with Crippen LogP contribution in [0, 0.1) is 11.3 Å². The fourth-order valence-corrected chi connectivity index (χ4v) is 2.31. The van der Waals surface area contributed by atoms with E-state index >= 15 is 0 Å². The van der Waals surface area contributed by atoms with Crippen molar-refractivity contribution in [3.63, 3.8) is 0 Å². The van der Waals surface area contributed by atoms with Crippen LogP contribution in [0.5, 0.6) is 0 Å². The molecule has 112 valence electrons. The third-order valence-electron chi connectivity index (χ3n) is 4.50. The van der Waals surface area contributed by atoms with Crippen molar-refractivity contribution < 1.29 is 4.79 Å². The zero-order valence-corrected chi connectivity index (χ0v) is 13.5. The van der Waals surface area contributed by atoms with Gasteiger partial charge in [0.25, 0.3) is 0 Å². The number of amides is 1. The summed E-state index contributed by atoms with van der Waals surface area (Å²) in [5.41, 5.74) is 0.290. The summed E-state index contributed by atoms with van der Waals surface area (Å²) >= 11 is 0. The lowest BCUT2D eigenvalue weighted by atomic mass is 9.82. The van der Waals surface area contributed by atoms with Gasteiger partial charge in [-0.1, -0.05) is 40.5 Å². The monoisotopic (exact) mass is 268 g/mol. The molecule has 2 unspecified atom stereocenters. The van der Waals surface area contributed by atoms with E-state index in [4.69, 9.17) is 0 Å². The van der Waals surface area contributed by atoms with Crippen LogP contribution in [0.25, 0.3) is 0 Å². The second kappa shape index (κ2) is 7.28. The van der Waals surface area contributed by atoms with Crippen LogP contribution in [0.4, 0.5) is 0 Å². The third kappa shape index (κ3) is 5.52. The second-order valence-electron chi connectivity index (χ2n) is 7.14. The molecule has 0 aromatic heterocycles. The average molecular weight is 268 g/mol. The minimum Gasteiger partial charge on any atom is -0.341 e. The molecule has 1 heterocycles. The van der Waals surface area contributed by atoms with Gasteiger partial charge < -0.3 is 10.2 Å². The molecule has 1 aliphatic heterocycles. The molecule has 0 spiro atoms. The van der Waals surface area contributed by atoms with Crippen LogP contribution in [0.1, 0.15) is 60.3 Å². The molecule has 2 atom stereocenters. The Hall–Kier alpha value is -0.570. The molecule has 0 saturated carbocycles. The molecule has 1 N–H and O–H groups in total. The van der Waals surface area contributed by atoms with Gasteiger partial charge in [-0.25, -0.2) is 0 Å². The van der Waals surface area contributed by atoms with Crippen LogP contribution in [0.15, 0.2) is 0 Å². The Labute approximate surface area is 119 Å². The van der Waals surface area contributed by atoms with Gasteiger partial charge in [-0.2, -0.15) is 0 Å². The van der Waals surface area contributed by atoms with Crippen LogP contribution in [0.3, 0.4) is 0 Å². The predicted molar refractivity (Wildman–Crippen MR) is 81.1 cm³/mol. The van der Waals surface area contributed by atoms with E-state index in [2.05, 4.69) is 33.0 Å². The van der Waals surface area contributed by atoms with Gasteiger partial charge in [0, 0.05) is 13.1 Å². The first-order valence-electron chi connectivity index (χ1n) is 7.84. The maximum absolute atomic E-state index is 12.4. The quantitative estimate of drug-likeness (QED) is 0.850. The molecule has 1 saturated heterocycles. The fourth-order valence-electron chi connectivity index (χ4n) is 2.31. The fraction of sp³-hybridized carbons (Fsp3) is 0.938. The molecule has 1 rings (SSSR count). The lowest BCUT2D eigenvalue weighted by Crippen LogP contribution is -2.47. The van der Waals surface area contributed by atoms with Gasteiger partial charge in [0.1, 0.15) is 0 Å². The highest BCUT2D eigenvalue weighted by molar-refractivity contribution is 5.81. The SMILES string of the molecule is CC(NCC(C)C(C)(C)C)C(=O)N1CCCCCC1. The summed E-state index contributed by atoms with van der Waals surface area (Å²) in [4.78, 5) is 14.4. The number of carbonyl (C=O) groups excluding carboxylic acids is 1. The van der Waals surface area contributed by atoms with E-state index in [0.717, 1.165) is 32.5 Å². The summed E-state index contributed by atoms with van der Waals surface area (Å²) < 4.78 is 0. The highest BCUT2D eigenvalue weighted by Gasteiger charge is 2.24. The Kier molecular flexibility index (Phi) is 6.31. The Morgan fingerprint density at radius 3 is 2.11 bits per heavy atom. The molecule has 0 aromatic rings. The van der Waals surface area contributed by atoms with Crippen molar-refractivity contribution in [1.29, 1.82) is 0 Å². The molecule has 0 bridgehead atoms. The van der Waals surface area contributed by atoms with Crippen molar-refractivity contribution in [2.24, 2.45) is 11.3 Å². The molecular formula is C16H32N2O. The molecule has 1 aliphatic rings. The Morgan fingerprint density at radius 2 is 1.63 bits per heavy atom. The maximum Gasteiger partial charge on any atom is 0.239 e. The van der Waals surface area contributed by atoms with E-state index in [0.29, 0.717) is 11.3 Å². The predicted octanol–water partition coefficient (Wildman–Crippen LogP) is 3.05. The van der Waals surface area contributed by atoms with Gasteiger partial charge in [-0.15, -0.1) is 0 Å². The highest BCUT2D eigenvalue weighted by atomic mass is 16.2. The van der Waals surface area contributed by atoms with Crippen LogP contribution < -0.4 is 5.32 Å². The zero-order chi connectivity index (χ0) is 14.5. The summed E-state index contributed by atoms with van der Waals surface area (Å²) in [5, 5.41) is 3.42. The van der Waals surface area contributed by atoms with Gasteiger partial charge in [0.2, 0.25) is 5.91 Å². The standard InChI is InChI=1S/C16H32N2O/c1-13(16(3,4)5)12-17-14(2)15(19)18-10-8-6-7-9-11-18/h13-14,17H,6-12H2,1-5H3. The van der Waals surface area contributed by atoms with Crippen molar-refractivity contribution in [1.82, 2.24) is 10.2 Å². The van der Waals surface area contributed by atoms with Crippen molar-refractivity contribution in [3.05, 3.63) is 0 Å².